The van der Waals surface area contributed by atoms with E-state index in [1.165, 1.54) is 6.08 Å². The molecule has 0 aliphatic heterocycles. The maximum absolute atomic E-state index is 10.4. The fraction of sp³-hybridized carbons (Fsp3) is 0. The number of carbonyl (C=O) groups is 2. The maximum Gasteiger partial charge on any atom is 0.150 e. The van der Waals surface area contributed by atoms with Crippen molar-refractivity contribution in [3.63, 3.8) is 0 Å². The quantitative estimate of drug-likeness (QED) is 0.409. The van der Waals surface area contributed by atoms with Crippen molar-refractivity contribution in [3.05, 3.63) is 53.6 Å². The van der Waals surface area contributed by atoms with Crippen LogP contribution in [0.4, 0.5) is 0 Å². The van der Waals surface area contributed by atoms with Crippen molar-refractivity contribution in [1.82, 2.24) is 0 Å². The third-order valence-electron chi connectivity index (χ3n) is 1.66. The lowest BCUT2D eigenvalue weighted by molar-refractivity contribution is -0.106. The average Bonchev–Trinajstić information content (AvgIpc) is 2.25. The summed E-state index contributed by atoms with van der Waals surface area (Å²) in [5.74, 6) is 0. The normalized spacial score (nSPS) is 11.6. The second-order valence-corrected chi connectivity index (χ2v) is 2.66. The predicted molar refractivity (Wildman–Crippen MR) is 55.7 cm³/mol. The monoisotopic (exact) mass is 186 g/mol. The van der Waals surface area contributed by atoms with Gasteiger partial charge in [0.1, 0.15) is 12.6 Å². The van der Waals surface area contributed by atoms with Gasteiger partial charge in [0, 0.05) is 5.57 Å². The van der Waals surface area contributed by atoms with E-state index in [0.29, 0.717) is 18.1 Å². The van der Waals surface area contributed by atoms with Gasteiger partial charge in [-0.2, -0.15) is 0 Å². The number of benzene rings is 1. The molecular formula is C12H10O2. The van der Waals surface area contributed by atoms with Crippen molar-refractivity contribution in [2.75, 3.05) is 0 Å². The molecule has 0 aromatic heterocycles. The van der Waals surface area contributed by atoms with Crippen LogP contribution in [0.25, 0.3) is 6.08 Å². The Bertz CT molecular complexity index is 361. The van der Waals surface area contributed by atoms with E-state index < -0.39 is 0 Å². The molecule has 0 aliphatic rings. The molecule has 0 atom stereocenters. The number of aldehydes is 2. The second kappa shape index (κ2) is 5.65. The summed E-state index contributed by atoms with van der Waals surface area (Å²) in [5, 5.41) is 0. The van der Waals surface area contributed by atoms with Crippen LogP contribution in [0, 0.1) is 0 Å². The molecule has 0 bridgehead atoms. The molecular weight excluding hydrogens is 176 g/mol. The van der Waals surface area contributed by atoms with Gasteiger partial charge < -0.3 is 0 Å². The number of rotatable bonds is 4. The Balaban J connectivity index is 2.77. The average molecular weight is 186 g/mol. The zero-order valence-electron chi connectivity index (χ0n) is 7.59. The lowest BCUT2D eigenvalue weighted by Gasteiger charge is -1.90. The fourth-order valence-corrected chi connectivity index (χ4v) is 0.969. The van der Waals surface area contributed by atoms with Crippen LogP contribution in [0.3, 0.4) is 0 Å². The maximum atomic E-state index is 10.4. The predicted octanol–water partition coefficient (Wildman–Crippen LogP) is 2.02. The molecule has 0 saturated carbocycles. The van der Waals surface area contributed by atoms with Crippen LogP contribution in [0.2, 0.25) is 0 Å². The summed E-state index contributed by atoms with van der Waals surface area (Å²) in [6.45, 7) is 0. The van der Waals surface area contributed by atoms with Crippen molar-refractivity contribution < 1.29 is 9.59 Å². The van der Waals surface area contributed by atoms with E-state index in [-0.39, 0.29) is 0 Å². The molecule has 0 saturated heterocycles. The van der Waals surface area contributed by atoms with Crippen LogP contribution < -0.4 is 0 Å². The van der Waals surface area contributed by atoms with Gasteiger partial charge in [0.2, 0.25) is 0 Å². The zero-order chi connectivity index (χ0) is 10.2. The molecule has 1 rings (SSSR count). The van der Waals surface area contributed by atoms with Gasteiger partial charge in [-0.05, 0) is 11.6 Å². The zero-order valence-corrected chi connectivity index (χ0v) is 7.59. The smallest absolute Gasteiger partial charge is 0.150 e. The molecule has 2 heteroatoms. The Hall–Kier alpha value is -1.96. The van der Waals surface area contributed by atoms with Crippen LogP contribution in [0.1, 0.15) is 5.56 Å². The Morgan fingerprint density at radius 2 is 1.79 bits per heavy atom. The highest BCUT2D eigenvalue weighted by Gasteiger charge is 1.87. The molecule has 0 fully saturated rings. The van der Waals surface area contributed by atoms with E-state index in [0.717, 1.165) is 5.56 Å². The SMILES string of the molecule is O=C/C=C(C=O)/C=C/c1ccccc1. The number of hydrogen-bond acceptors (Lipinski definition) is 2. The Labute approximate surface area is 82.6 Å². The molecule has 0 aliphatic carbocycles. The molecule has 2 nitrogen and oxygen atoms in total. The highest BCUT2D eigenvalue weighted by molar-refractivity contribution is 5.86. The number of allylic oxidation sites excluding steroid dienone is 3. The van der Waals surface area contributed by atoms with Gasteiger partial charge in [-0.1, -0.05) is 42.5 Å². The van der Waals surface area contributed by atoms with Crippen LogP contribution >= 0.6 is 0 Å². The lowest BCUT2D eigenvalue weighted by Crippen LogP contribution is -1.79. The Morgan fingerprint density at radius 1 is 1.07 bits per heavy atom. The Morgan fingerprint density at radius 3 is 2.36 bits per heavy atom. The van der Waals surface area contributed by atoms with E-state index in [1.807, 2.05) is 30.3 Å². The molecule has 0 unspecified atom stereocenters. The van der Waals surface area contributed by atoms with E-state index >= 15 is 0 Å². The van der Waals surface area contributed by atoms with E-state index in [4.69, 9.17) is 0 Å². The molecule has 0 spiro atoms. The van der Waals surface area contributed by atoms with Gasteiger partial charge in [0.15, 0.2) is 0 Å². The summed E-state index contributed by atoms with van der Waals surface area (Å²) in [5.41, 5.74) is 1.36. The summed E-state index contributed by atoms with van der Waals surface area (Å²) in [7, 11) is 0. The minimum Gasteiger partial charge on any atom is -0.299 e. The first-order chi connectivity index (χ1) is 6.86. The van der Waals surface area contributed by atoms with Crippen molar-refractivity contribution in [1.29, 1.82) is 0 Å². The van der Waals surface area contributed by atoms with Crippen LogP contribution in [-0.4, -0.2) is 12.6 Å². The van der Waals surface area contributed by atoms with Gasteiger partial charge in [0.25, 0.3) is 0 Å². The summed E-state index contributed by atoms with van der Waals surface area (Å²) in [6.07, 6.45) is 5.86. The molecule has 0 radical (unpaired) electrons. The number of carbonyl (C=O) groups excluding carboxylic acids is 2. The Kier molecular flexibility index (Phi) is 4.08. The van der Waals surface area contributed by atoms with Crippen molar-refractivity contribution >= 4 is 18.6 Å². The summed E-state index contributed by atoms with van der Waals surface area (Å²) < 4.78 is 0. The molecule has 0 amide bonds. The highest BCUT2D eigenvalue weighted by atomic mass is 16.1. The molecule has 1 aromatic rings. The standard InChI is InChI=1S/C12H10O2/c13-9-8-12(10-14)7-6-11-4-2-1-3-5-11/h1-10H/b7-6+,12-8-. The minimum atomic E-state index is 0.365. The van der Waals surface area contributed by atoms with Crippen LogP contribution in [0.5, 0.6) is 0 Å². The summed E-state index contributed by atoms with van der Waals surface area (Å²) in [6, 6.07) is 9.56. The molecule has 14 heavy (non-hydrogen) atoms. The molecule has 0 heterocycles. The molecule has 0 N–H and O–H groups in total. The van der Waals surface area contributed by atoms with E-state index in [9.17, 15) is 9.59 Å². The first kappa shape index (κ1) is 10.1. The van der Waals surface area contributed by atoms with Gasteiger partial charge in [0.05, 0.1) is 0 Å². The largest absolute Gasteiger partial charge is 0.299 e. The third kappa shape index (κ3) is 3.19. The fourth-order valence-electron chi connectivity index (χ4n) is 0.969. The summed E-state index contributed by atoms with van der Waals surface area (Å²) >= 11 is 0. The molecule has 1 aromatic carbocycles. The number of hydrogen-bond donors (Lipinski definition) is 0. The first-order valence-electron chi connectivity index (χ1n) is 4.20. The molecule has 70 valence electrons. The van der Waals surface area contributed by atoms with Crippen LogP contribution in [0.15, 0.2) is 48.1 Å². The van der Waals surface area contributed by atoms with Crippen LogP contribution in [-0.2, 0) is 9.59 Å². The van der Waals surface area contributed by atoms with Gasteiger partial charge in [-0.25, -0.2) is 0 Å². The lowest BCUT2D eigenvalue weighted by atomic mass is 10.1. The third-order valence-corrected chi connectivity index (χ3v) is 1.66. The van der Waals surface area contributed by atoms with Gasteiger partial charge in [-0.3, -0.25) is 9.59 Å². The second-order valence-electron chi connectivity index (χ2n) is 2.66. The van der Waals surface area contributed by atoms with Crippen molar-refractivity contribution in [2.45, 2.75) is 0 Å². The first-order valence-corrected chi connectivity index (χ1v) is 4.20. The van der Waals surface area contributed by atoms with E-state index in [2.05, 4.69) is 0 Å². The highest BCUT2D eigenvalue weighted by Crippen LogP contribution is 2.03. The van der Waals surface area contributed by atoms with Gasteiger partial charge in [-0.15, -0.1) is 0 Å². The minimum absolute atomic E-state index is 0.365. The summed E-state index contributed by atoms with van der Waals surface area (Å²) in [4.78, 5) is 20.6. The topological polar surface area (TPSA) is 34.1 Å². The van der Waals surface area contributed by atoms with Gasteiger partial charge >= 0.3 is 0 Å². The van der Waals surface area contributed by atoms with Crippen molar-refractivity contribution in [2.24, 2.45) is 0 Å². The van der Waals surface area contributed by atoms with E-state index in [1.54, 1.807) is 12.2 Å². The van der Waals surface area contributed by atoms with Crippen molar-refractivity contribution in [3.8, 4) is 0 Å².